The van der Waals surface area contributed by atoms with Crippen LogP contribution in [-0.2, 0) is 5.41 Å². The maximum Gasteiger partial charge on any atom is 0.269 e. The van der Waals surface area contributed by atoms with Gasteiger partial charge in [-0.2, -0.15) is 0 Å². The molecule has 0 amide bonds. The molecule has 0 N–H and O–H groups in total. The zero-order chi connectivity index (χ0) is 88.7. The van der Waals surface area contributed by atoms with Gasteiger partial charge in [0.2, 0.25) is 0 Å². The first-order chi connectivity index (χ1) is 57.3. The molecule has 0 atom stereocenters. The number of benzene rings is 12. The Morgan fingerprint density at radius 3 is 1.72 bits per heavy atom. The number of pyridine rings is 1. The van der Waals surface area contributed by atoms with Gasteiger partial charge in [0.25, 0.3) is 6.33 Å². The molecule has 0 saturated carbocycles. The van der Waals surface area contributed by atoms with E-state index in [4.69, 9.17) is 33.0 Å². The van der Waals surface area contributed by atoms with Crippen LogP contribution in [0, 0.1) is 13.2 Å². The van der Waals surface area contributed by atoms with E-state index in [0.29, 0.717) is 27.4 Å². The lowest BCUT2D eigenvalue weighted by molar-refractivity contribution is -0.570. The average Bonchev–Trinajstić information content (AvgIpc) is 0.860. The quantitative estimate of drug-likeness (QED) is 0.0499. The molecule has 0 radical (unpaired) electrons. The predicted molar refractivity (Wildman–Crippen MR) is 371 cm³/mol. The maximum absolute atomic E-state index is 10.3. The van der Waals surface area contributed by atoms with Crippen LogP contribution < -0.4 is 30.1 Å². The molecule has 0 unspecified atom stereocenters. The summed E-state index contributed by atoms with van der Waals surface area (Å²) in [5.74, 6) is 0.249. The second kappa shape index (κ2) is 22.7. The number of hydrogen-bond acceptors (Lipinski definition) is 2. The number of aromatic nitrogens is 4. The van der Waals surface area contributed by atoms with Crippen molar-refractivity contribution in [3.8, 4) is 73.2 Å². The molecule has 0 aliphatic heterocycles. The molecule has 0 spiro atoms. The first-order valence-electron chi connectivity index (χ1n) is 44.4. The molecule has 0 bridgehead atoms. The highest BCUT2D eigenvalue weighted by molar-refractivity contribution is 7.20. The summed E-state index contributed by atoms with van der Waals surface area (Å²) in [6.07, 6.45) is 4.57. The van der Waals surface area contributed by atoms with Crippen LogP contribution in [0.5, 0.6) is 11.5 Å². The highest BCUT2D eigenvalue weighted by Crippen LogP contribution is 2.39. The van der Waals surface area contributed by atoms with Crippen LogP contribution in [0.4, 0.5) is 0 Å². The lowest BCUT2D eigenvalue weighted by atomic mass is 9.85. The minimum Gasteiger partial charge on any atom is -0.458 e. The molecule has 0 saturated heterocycles. The summed E-state index contributed by atoms with van der Waals surface area (Å²) in [6.45, 7) is 2.68. The minimum atomic E-state index is -6.49. The van der Waals surface area contributed by atoms with E-state index in [1.807, 2.05) is 26.8 Å². The number of aryl methyl sites for hydroxylation is 1. The van der Waals surface area contributed by atoms with Gasteiger partial charge in [-0.3, -0.25) is 13.7 Å². The summed E-state index contributed by atoms with van der Waals surface area (Å²) in [6, 6.07) is 5.12. The second-order valence-electron chi connectivity index (χ2n) is 21.7. The Morgan fingerprint density at radius 2 is 1.07 bits per heavy atom. The van der Waals surface area contributed by atoms with Crippen LogP contribution in [0.2, 0.25) is 0 Å². The molecule has 3 aromatic heterocycles. The third kappa shape index (κ3) is 9.94. The first kappa shape index (κ1) is 29.6. The van der Waals surface area contributed by atoms with E-state index in [0.717, 1.165) is 12.3 Å². The van der Waals surface area contributed by atoms with Crippen molar-refractivity contribution in [3.63, 3.8) is 0 Å². The van der Waals surface area contributed by atoms with Gasteiger partial charge in [-0.05, 0) is 138 Å². The summed E-state index contributed by atoms with van der Waals surface area (Å²) >= 11 is 0. The Morgan fingerprint density at radius 1 is 0.472 bits per heavy atom. The van der Waals surface area contributed by atoms with E-state index in [-0.39, 0.29) is 78.7 Å². The monoisotopic (exact) mass is 1190 g/mol. The molecule has 426 valence electrons. The van der Waals surface area contributed by atoms with Crippen LogP contribution >= 0.6 is 0 Å². The van der Waals surface area contributed by atoms with Crippen LogP contribution in [-0.4, -0.2) is 22.2 Å². The van der Waals surface area contributed by atoms with Crippen molar-refractivity contribution >= 4 is 61.7 Å². The van der Waals surface area contributed by atoms with Crippen molar-refractivity contribution in [2.75, 3.05) is 0 Å². The molecule has 12 aromatic carbocycles. The molecule has 0 aliphatic carbocycles. The lowest BCUT2D eigenvalue weighted by Gasteiger charge is -2.37. The fraction of sp³-hybridized carbons (Fsp3) is 0.0602. The van der Waals surface area contributed by atoms with Crippen LogP contribution in [0.3, 0.4) is 0 Å². The first-order valence-corrected chi connectivity index (χ1v) is 29.9. The maximum atomic E-state index is 10.3. The zero-order valence-electron chi connectivity index (χ0n) is 80.4. The molecule has 89 heavy (non-hydrogen) atoms. The Bertz CT molecular complexity index is 6770. The number of nitrogens with zero attached hydrogens (tertiary/aromatic N) is 4. The second-order valence-corrected chi connectivity index (χ2v) is 25.2. The fourth-order valence-corrected chi connectivity index (χ4v) is 15.4. The summed E-state index contributed by atoms with van der Waals surface area (Å²) in [5, 5.41) is -2.21. The number of para-hydroxylation sites is 1. The summed E-state index contributed by atoms with van der Waals surface area (Å²) in [4.78, 5) is 4.71. The van der Waals surface area contributed by atoms with Gasteiger partial charge in [-0.15, -0.1) is 0 Å². The Labute approximate surface area is 567 Å². The third-order valence-electron chi connectivity index (χ3n) is 15.5. The summed E-state index contributed by atoms with van der Waals surface area (Å²) in [7, 11) is -6.49. The summed E-state index contributed by atoms with van der Waals surface area (Å²) < 4.78 is 318. The molecule has 5 nitrogen and oxygen atoms in total. The molecular formula is C83H64N4OSi. The van der Waals surface area contributed by atoms with Gasteiger partial charge < -0.3 is 4.74 Å². The Hall–Kier alpha value is -10.9. The normalized spacial score (nSPS) is 17.2. The van der Waals surface area contributed by atoms with Crippen molar-refractivity contribution in [1.82, 2.24) is 14.1 Å². The van der Waals surface area contributed by atoms with Crippen molar-refractivity contribution in [1.29, 1.82) is 0 Å². The SMILES string of the molecule is [2H]c1c([2H])c([2H])c(-c2cc(-c3cccc(C(C)(C)C)c3)c(-[n+]3[c-]n(-c4cccc(Oc5ccc6c7ccccc7n(-c7cc(C([2H])([2H])[2H])c(-c8c([2H])c([2H])c([2H])c([2H])c8[2H])cn7)c6c5)c4)c4cc(-c5c([2H])c([2H])c([2H])c([2H])c5[2H])ccc43)c([Si](c3c([2H])c([2H])c([2H])c([2H])c3[2H])(c3c([2H])c([2H])c([2H])c([2H])c3[2H])c3c([2H])c([2H])c([2H])c([2H])c3[2H])c2)c([2H])c1[2H]. The van der Waals surface area contributed by atoms with E-state index >= 15 is 0 Å². The van der Waals surface area contributed by atoms with Crippen molar-refractivity contribution in [2.24, 2.45) is 0 Å². The minimum absolute atomic E-state index is 0.00496. The molecular weight excluding hydrogens is 1100 g/mol. The number of imidazole rings is 1. The predicted octanol–water partition coefficient (Wildman–Crippen LogP) is 17.6. The van der Waals surface area contributed by atoms with E-state index in [9.17, 15) is 21.9 Å². The van der Waals surface area contributed by atoms with E-state index in [1.54, 1.807) is 83.4 Å². The topological polar surface area (TPSA) is 35.9 Å². The Kier molecular flexibility index (Phi) is 7.57. The van der Waals surface area contributed by atoms with Gasteiger partial charge in [0.05, 0.1) is 74.6 Å². The highest BCUT2D eigenvalue weighted by atomic mass is 28.3. The van der Waals surface area contributed by atoms with E-state index in [1.165, 1.54) is 45.5 Å². The zero-order valence-corrected chi connectivity index (χ0v) is 48.4. The highest BCUT2D eigenvalue weighted by Gasteiger charge is 2.44. The largest absolute Gasteiger partial charge is 0.458 e. The smallest absolute Gasteiger partial charge is 0.269 e. The van der Waals surface area contributed by atoms with Gasteiger partial charge >= 0.3 is 0 Å². The van der Waals surface area contributed by atoms with Crippen molar-refractivity contribution < 1.29 is 54.5 Å². The molecule has 6 heteroatoms. The molecule has 0 fully saturated rings. The number of rotatable bonds is 13. The van der Waals surface area contributed by atoms with Gasteiger partial charge in [0, 0.05) is 32.7 Å². The fourth-order valence-electron chi connectivity index (χ4n) is 11.4. The van der Waals surface area contributed by atoms with Gasteiger partial charge in [0.15, 0.2) is 8.07 Å². The number of ether oxygens (including phenoxy) is 1. The Balaban J connectivity index is 1.10. The molecule has 0 aliphatic rings. The van der Waals surface area contributed by atoms with E-state index in [2.05, 4.69) is 6.33 Å². The van der Waals surface area contributed by atoms with E-state index < -0.39 is 233 Å². The van der Waals surface area contributed by atoms with Gasteiger partial charge in [-0.25, -0.2) is 4.98 Å². The van der Waals surface area contributed by atoms with Crippen LogP contribution in [0.15, 0.2) is 315 Å². The third-order valence-corrected chi connectivity index (χ3v) is 19.7. The number of fused-ring (bicyclic) bond motifs is 4. The van der Waals surface area contributed by atoms with Crippen LogP contribution in [0.1, 0.15) is 77.1 Å². The van der Waals surface area contributed by atoms with Gasteiger partial charge in [-0.1, -0.05) is 269 Å². The van der Waals surface area contributed by atoms with Gasteiger partial charge in [0.1, 0.15) is 17.3 Å². The van der Waals surface area contributed by atoms with Crippen LogP contribution in [0.25, 0.3) is 94.5 Å². The molecule has 15 aromatic rings. The molecule has 15 rings (SSSR count). The standard InChI is InChI=1S/C83H64N4OSi/c1-58-49-81(84-56-75(58)61-31-15-7-16-32-61)87-76-44-24-23-43-72(76)73-47-46-68(55-78(73)87)88-67-36-26-35-66(54-67)85-57-86(77-48-45-62(52-79(77)85)59-27-11-5-12-28-59)82-74(63-33-25-34-65(50-63)83(2,3)4)51-64(60-29-13-6-14-30-60)53-80(82)89(69-37-17-8-18-38-69,70-39-19-9-20-40-70)71-41-21-10-22-42-71/h5-56H,1-4H3/i1D3,5D,6D,7D,8D,9D,10D,11D,12D,13D,14D,15D,16D,17D,18D,19D,20D,21D,22D,27D,28D,29D,30D,31D,32D,37D,38D,39D,40D,41D,42D. The van der Waals surface area contributed by atoms with Crippen molar-refractivity contribution in [3.05, 3.63) is 332 Å². The number of hydrogen-bond donors (Lipinski definition) is 0. The van der Waals surface area contributed by atoms with Crippen molar-refractivity contribution in [2.45, 2.75) is 33.0 Å². The summed E-state index contributed by atoms with van der Waals surface area (Å²) in [5.41, 5.74) is -1.80. The average molecular weight is 1190 g/mol. The molecule has 3 heterocycles. The lowest BCUT2D eigenvalue weighted by Crippen LogP contribution is -2.76.